The molecular formula is C42H58N4O7. The van der Waals surface area contributed by atoms with Crippen molar-refractivity contribution >= 4 is 34.9 Å². The van der Waals surface area contributed by atoms with Gasteiger partial charge in [0, 0.05) is 56.0 Å². The number of nitrogens with zero attached hydrogens (tertiary/aromatic N) is 3. The molecule has 2 N–H and O–H groups in total. The fourth-order valence-corrected chi connectivity index (χ4v) is 8.20. The van der Waals surface area contributed by atoms with Gasteiger partial charge in [0.2, 0.25) is 17.6 Å². The number of aliphatic hydroxyl groups is 1. The van der Waals surface area contributed by atoms with E-state index in [1.54, 1.807) is 6.92 Å². The molecule has 11 nitrogen and oxygen atoms in total. The summed E-state index contributed by atoms with van der Waals surface area (Å²) in [4.78, 5) is 92.6. The first-order valence-electron chi connectivity index (χ1n) is 19.1. The van der Waals surface area contributed by atoms with Crippen LogP contribution >= 0.6 is 0 Å². The van der Waals surface area contributed by atoms with E-state index < -0.39 is 58.3 Å². The lowest BCUT2D eigenvalue weighted by Crippen LogP contribution is -2.58. The number of Topliss-reactive ketones (excluding diaryl/α,β-unsaturated/α-hetero) is 4. The van der Waals surface area contributed by atoms with Crippen LogP contribution < -0.4 is 5.32 Å². The molecule has 0 spiro atoms. The number of hydrogen-bond donors (Lipinski definition) is 2. The number of ketones is 4. The molecule has 0 bridgehead atoms. The maximum Gasteiger partial charge on any atom is 0.246 e. The third-order valence-corrected chi connectivity index (χ3v) is 11.4. The molecule has 1 saturated carbocycles. The molecule has 1 aliphatic carbocycles. The second-order valence-corrected chi connectivity index (χ2v) is 16.9. The lowest BCUT2D eigenvalue weighted by molar-refractivity contribution is -0.146. The maximum absolute atomic E-state index is 14.7. The molecule has 1 aromatic carbocycles. The Bertz CT molecular complexity index is 1640. The number of amides is 2. The van der Waals surface area contributed by atoms with Crippen LogP contribution in [-0.4, -0.2) is 79.2 Å². The van der Waals surface area contributed by atoms with Gasteiger partial charge >= 0.3 is 0 Å². The van der Waals surface area contributed by atoms with Crippen LogP contribution in [0.4, 0.5) is 0 Å². The van der Waals surface area contributed by atoms with Crippen LogP contribution in [-0.2, 0) is 24.0 Å². The fourth-order valence-electron chi connectivity index (χ4n) is 8.20. The number of fused-ring (bicyclic) bond motifs is 1. The van der Waals surface area contributed by atoms with Crippen molar-refractivity contribution in [3.8, 4) is 0 Å². The summed E-state index contributed by atoms with van der Waals surface area (Å²) < 4.78 is 0. The van der Waals surface area contributed by atoms with Crippen molar-refractivity contribution in [3.05, 3.63) is 60.2 Å². The fraction of sp³-hybridized carbons (Fsp3) is 0.619. The largest absolute Gasteiger partial charge is 0.390 e. The molecule has 2 unspecified atom stereocenters. The Morgan fingerprint density at radius 3 is 2.26 bits per heavy atom. The maximum atomic E-state index is 14.7. The van der Waals surface area contributed by atoms with Gasteiger partial charge in [-0.05, 0) is 54.9 Å². The standard InChI is InChI=1S/C42H58N4O7/c1-9-13-28(37(50)35(49)20-26(4)27-14-11-10-12-15-27)21-34(48)36-29-16-17-42(8,53)31(29)24-46(36)40(52)38(41(5,6)7)45-39(51)30(25(2)3)22-33(47)32-23-43-18-19-44-32/h10-12,14-15,18-19,23,25-26,28-31,36,38,53H,9,13,16-17,20-22,24H2,1-8H3,(H,45,51)/t26-,28?,29+,30-,31?,36+,38-,42-/m1/s1. The number of hydrogen-bond acceptors (Lipinski definition) is 9. The number of likely N-dealkylation sites (tertiary alicyclic amines) is 1. The summed E-state index contributed by atoms with van der Waals surface area (Å²) in [6.45, 7) is 14.8. The smallest absolute Gasteiger partial charge is 0.246 e. The van der Waals surface area contributed by atoms with Gasteiger partial charge in [-0.1, -0.05) is 85.2 Å². The van der Waals surface area contributed by atoms with E-state index in [4.69, 9.17) is 0 Å². The van der Waals surface area contributed by atoms with Crippen molar-refractivity contribution in [3.63, 3.8) is 0 Å². The summed E-state index contributed by atoms with van der Waals surface area (Å²) in [5.41, 5.74) is -0.795. The quantitative estimate of drug-likeness (QED) is 0.157. The minimum Gasteiger partial charge on any atom is -0.390 e. The van der Waals surface area contributed by atoms with Crippen molar-refractivity contribution in [2.75, 3.05) is 6.54 Å². The van der Waals surface area contributed by atoms with Gasteiger partial charge in [0.1, 0.15) is 11.7 Å². The molecule has 1 aromatic heterocycles. The lowest BCUT2D eigenvalue weighted by atomic mass is 9.81. The first-order valence-corrected chi connectivity index (χ1v) is 19.1. The van der Waals surface area contributed by atoms with Crippen LogP contribution in [0, 0.1) is 35.0 Å². The van der Waals surface area contributed by atoms with Gasteiger partial charge in [0.25, 0.3) is 0 Å². The van der Waals surface area contributed by atoms with Crippen molar-refractivity contribution < 1.29 is 33.9 Å². The summed E-state index contributed by atoms with van der Waals surface area (Å²) in [6, 6.07) is 7.53. The highest BCUT2D eigenvalue weighted by atomic mass is 16.3. The zero-order valence-electron chi connectivity index (χ0n) is 32.6. The Morgan fingerprint density at radius 1 is 1.00 bits per heavy atom. The topological polar surface area (TPSA) is 164 Å². The van der Waals surface area contributed by atoms with Crippen LogP contribution in [0.5, 0.6) is 0 Å². The van der Waals surface area contributed by atoms with Crippen molar-refractivity contribution in [2.45, 2.75) is 124 Å². The van der Waals surface area contributed by atoms with E-state index in [0.717, 1.165) is 5.56 Å². The van der Waals surface area contributed by atoms with Gasteiger partial charge < -0.3 is 15.3 Å². The van der Waals surface area contributed by atoms with E-state index in [1.165, 1.54) is 23.5 Å². The molecule has 2 heterocycles. The molecule has 4 rings (SSSR count). The predicted octanol–water partition coefficient (Wildman–Crippen LogP) is 5.55. The second-order valence-electron chi connectivity index (χ2n) is 16.9. The van der Waals surface area contributed by atoms with E-state index in [9.17, 15) is 33.9 Å². The van der Waals surface area contributed by atoms with E-state index >= 15 is 0 Å². The third kappa shape index (κ3) is 9.90. The van der Waals surface area contributed by atoms with Crippen LogP contribution in [0.1, 0.15) is 122 Å². The first-order chi connectivity index (χ1) is 24.9. The molecule has 2 fully saturated rings. The van der Waals surface area contributed by atoms with Crippen molar-refractivity contribution in [1.82, 2.24) is 20.2 Å². The lowest BCUT2D eigenvalue weighted by Gasteiger charge is -2.37. The average Bonchev–Trinajstić information content (AvgIpc) is 3.65. The highest BCUT2D eigenvalue weighted by molar-refractivity contribution is 6.38. The molecule has 53 heavy (non-hydrogen) atoms. The highest BCUT2D eigenvalue weighted by Gasteiger charge is 2.58. The molecule has 8 atom stereocenters. The van der Waals surface area contributed by atoms with Crippen LogP contribution in [0.25, 0.3) is 0 Å². The Balaban J connectivity index is 1.57. The molecular weight excluding hydrogens is 672 g/mol. The monoisotopic (exact) mass is 730 g/mol. The molecule has 2 aliphatic rings. The van der Waals surface area contributed by atoms with E-state index in [0.29, 0.717) is 25.7 Å². The van der Waals surface area contributed by atoms with E-state index in [-0.39, 0.29) is 66.7 Å². The number of aromatic nitrogens is 2. The first kappa shape index (κ1) is 41.6. The Morgan fingerprint density at radius 2 is 1.68 bits per heavy atom. The van der Waals surface area contributed by atoms with Gasteiger partial charge in [-0.15, -0.1) is 0 Å². The van der Waals surface area contributed by atoms with Crippen LogP contribution in [0.2, 0.25) is 0 Å². The summed E-state index contributed by atoms with van der Waals surface area (Å²) in [6.07, 6.45) is 5.88. The summed E-state index contributed by atoms with van der Waals surface area (Å²) in [7, 11) is 0. The average molecular weight is 731 g/mol. The summed E-state index contributed by atoms with van der Waals surface area (Å²) >= 11 is 0. The van der Waals surface area contributed by atoms with E-state index in [1.807, 2.05) is 78.8 Å². The molecule has 288 valence electrons. The van der Waals surface area contributed by atoms with Gasteiger partial charge in [-0.25, -0.2) is 4.98 Å². The van der Waals surface area contributed by atoms with E-state index in [2.05, 4.69) is 15.3 Å². The van der Waals surface area contributed by atoms with Gasteiger partial charge in [-0.3, -0.25) is 33.8 Å². The Labute approximate surface area is 314 Å². The number of carbonyl (C=O) groups is 6. The van der Waals surface area contributed by atoms with Gasteiger partial charge in [-0.2, -0.15) is 0 Å². The molecule has 2 aromatic rings. The van der Waals surface area contributed by atoms with Crippen molar-refractivity contribution in [1.29, 1.82) is 0 Å². The minimum absolute atomic E-state index is 0.0353. The molecule has 1 aliphatic heterocycles. The molecule has 2 amide bonds. The summed E-state index contributed by atoms with van der Waals surface area (Å²) in [5.74, 6) is -5.35. The second kappa shape index (κ2) is 17.3. The number of carbonyl (C=O) groups excluding carboxylic acids is 6. The zero-order valence-corrected chi connectivity index (χ0v) is 32.6. The molecule has 1 saturated heterocycles. The number of rotatable bonds is 17. The predicted molar refractivity (Wildman–Crippen MR) is 201 cm³/mol. The SMILES string of the molecule is CCCC(CC(=O)[C@@H]1[C@H]2CC[C@@](C)(O)C2CN1C(=O)[C@@H](NC(=O)[C@H](CC(=O)c1cnccn1)C(C)C)C(C)(C)C)C(=O)C(=O)C[C@@H](C)c1ccccc1. The van der Waals surface area contributed by atoms with Gasteiger partial charge in [0.05, 0.1) is 17.8 Å². The zero-order chi connectivity index (χ0) is 39.2. The third-order valence-electron chi connectivity index (χ3n) is 11.4. The Kier molecular flexibility index (Phi) is 13.6. The van der Waals surface area contributed by atoms with Crippen LogP contribution in [0.15, 0.2) is 48.9 Å². The van der Waals surface area contributed by atoms with Crippen LogP contribution in [0.3, 0.4) is 0 Å². The molecule has 0 radical (unpaired) electrons. The van der Waals surface area contributed by atoms with Crippen molar-refractivity contribution in [2.24, 2.45) is 35.0 Å². The minimum atomic E-state index is -1.11. The Hall–Kier alpha value is -4.12. The normalized spacial score (nSPS) is 23.5. The van der Waals surface area contributed by atoms with Gasteiger partial charge in [0.15, 0.2) is 17.3 Å². The highest BCUT2D eigenvalue weighted by Crippen LogP contribution is 2.49. The number of benzene rings is 1. The molecule has 11 heteroatoms. The number of nitrogens with one attached hydrogen (secondary N) is 1. The summed E-state index contributed by atoms with van der Waals surface area (Å²) in [5, 5.41) is 14.3.